The number of hydrogen-bond acceptors (Lipinski definition) is 2. The van der Waals surface area contributed by atoms with Crippen LogP contribution in [0.1, 0.15) is 30.1 Å². The standard InChI is InChI=1S/C14H11BrF2N2/c1-7-2-5-9(16)12(13(7)17)10-6-11(15)19-14(18-10)8-3-4-8/h2,5-6,8H,3-4H2,1H3. The number of nitrogens with zero attached hydrogens (tertiary/aromatic N) is 2. The van der Waals surface area contributed by atoms with Gasteiger partial charge in [-0.2, -0.15) is 0 Å². The summed E-state index contributed by atoms with van der Waals surface area (Å²) in [4.78, 5) is 8.57. The van der Waals surface area contributed by atoms with Crippen LogP contribution in [-0.2, 0) is 0 Å². The molecule has 2 nitrogen and oxygen atoms in total. The van der Waals surface area contributed by atoms with Crippen molar-refractivity contribution in [2.24, 2.45) is 0 Å². The van der Waals surface area contributed by atoms with E-state index < -0.39 is 11.6 Å². The Bertz CT molecular complexity index is 654. The van der Waals surface area contributed by atoms with Crippen LogP contribution in [0.3, 0.4) is 0 Å². The molecule has 1 saturated carbocycles. The van der Waals surface area contributed by atoms with Crippen molar-refractivity contribution < 1.29 is 8.78 Å². The molecular weight excluding hydrogens is 314 g/mol. The first-order valence-corrected chi connectivity index (χ1v) is 6.85. The second-order valence-electron chi connectivity index (χ2n) is 4.76. The van der Waals surface area contributed by atoms with E-state index >= 15 is 0 Å². The van der Waals surface area contributed by atoms with Gasteiger partial charge in [-0.1, -0.05) is 6.07 Å². The lowest BCUT2D eigenvalue weighted by molar-refractivity contribution is 0.582. The van der Waals surface area contributed by atoms with Gasteiger partial charge in [-0.3, -0.25) is 0 Å². The normalized spacial score (nSPS) is 14.7. The summed E-state index contributed by atoms with van der Waals surface area (Å²) in [7, 11) is 0. The Morgan fingerprint density at radius 1 is 1.21 bits per heavy atom. The number of aryl methyl sites for hydroxylation is 1. The van der Waals surface area contributed by atoms with E-state index in [1.165, 1.54) is 12.1 Å². The van der Waals surface area contributed by atoms with Crippen molar-refractivity contribution >= 4 is 15.9 Å². The van der Waals surface area contributed by atoms with Crippen LogP contribution in [0.25, 0.3) is 11.3 Å². The quantitative estimate of drug-likeness (QED) is 0.766. The number of hydrogen-bond donors (Lipinski definition) is 0. The van der Waals surface area contributed by atoms with E-state index in [9.17, 15) is 8.78 Å². The Morgan fingerprint density at radius 2 is 1.95 bits per heavy atom. The molecule has 0 spiro atoms. The average molecular weight is 325 g/mol. The summed E-state index contributed by atoms with van der Waals surface area (Å²) in [6.45, 7) is 1.61. The average Bonchev–Trinajstić information content (AvgIpc) is 3.18. The Balaban J connectivity index is 2.19. The zero-order valence-corrected chi connectivity index (χ0v) is 11.8. The smallest absolute Gasteiger partial charge is 0.138 e. The molecule has 2 aromatic rings. The van der Waals surface area contributed by atoms with E-state index in [0.717, 1.165) is 12.8 Å². The highest BCUT2D eigenvalue weighted by Crippen LogP contribution is 2.39. The van der Waals surface area contributed by atoms with Gasteiger partial charge in [-0.05, 0) is 53.4 Å². The van der Waals surface area contributed by atoms with Gasteiger partial charge in [0.15, 0.2) is 0 Å². The predicted octanol–water partition coefficient (Wildman–Crippen LogP) is 4.37. The zero-order valence-electron chi connectivity index (χ0n) is 10.3. The molecule has 0 N–H and O–H groups in total. The number of aromatic nitrogens is 2. The molecule has 0 radical (unpaired) electrons. The highest BCUT2D eigenvalue weighted by molar-refractivity contribution is 9.10. The van der Waals surface area contributed by atoms with E-state index in [4.69, 9.17) is 0 Å². The molecule has 0 amide bonds. The Hall–Kier alpha value is -1.36. The molecule has 0 unspecified atom stereocenters. The van der Waals surface area contributed by atoms with Crippen LogP contribution in [0.5, 0.6) is 0 Å². The van der Waals surface area contributed by atoms with Gasteiger partial charge >= 0.3 is 0 Å². The van der Waals surface area contributed by atoms with E-state index in [1.807, 2.05) is 0 Å². The molecule has 19 heavy (non-hydrogen) atoms. The minimum atomic E-state index is -0.601. The van der Waals surface area contributed by atoms with Gasteiger partial charge in [0, 0.05) is 5.92 Å². The van der Waals surface area contributed by atoms with Crippen molar-refractivity contribution in [2.75, 3.05) is 0 Å². The van der Waals surface area contributed by atoms with Gasteiger partial charge in [-0.15, -0.1) is 0 Å². The fourth-order valence-corrected chi connectivity index (χ4v) is 2.38. The molecule has 0 bridgehead atoms. The Labute approximate surface area is 118 Å². The molecule has 1 aromatic carbocycles. The maximum atomic E-state index is 14.1. The summed E-state index contributed by atoms with van der Waals surface area (Å²) in [5, 5.41) is 0. The van der Waals surface area contributed by atoms with Crippen LogP contribution >= 0.6 is 15.9 Å². The van der Waals surface area contributed by atoms with Crippen LogP contribution in [0.15, 0.2) is 22.8 Å². The first kappa shape index (κ1) is 12.7. The molecule has 3 rings (SSSR count). The molecule has 98 valence electrons. The minimum absolute atomic E-state index is 0.0787. The molecule has 1 aliphatic carbocycles. The number of rotatable bonds is 2. The van der Waals surface area contributed by atoms with E-state index in [-0.39, 0.29) is 5.56 Å². The molecule has 0 aliphatic heterocycles. The third-order valence-corrected chi connectivity index (χ3v) is 3.60. The van der Waals surface area contributed by atoms with Crippen LogP contribution < -0.4 is 0 Å². The van der Waals surface area contributed by atoms with Crippen LogP contribution in [0.2, 0.25) is 0 Å². The summed E-state index contributed by atoms with van der Waals surface area (Å²) < 4.78 is 28.5. The zero-order chi connectivity index (χ0) is 13.6. The lowest BCUT2D eigenvalue weighted by atomic mass is 10.1. The van der Waals surface area contributed by atoms with Crippen LogP contribution in [0, 0.1) is 18.6 Å². The van der Waals surface area contributed by atoms with E-state index in [1.54, 1.807) is 13.0 Å². The molecular formula is C14H11BrF2N2. The van der Waals surface area contributed by atoms with Crippen molar-refractivity contribution in [3.8, 4) is 11.3 Å². The van der Waals surface area contributed by atoms with Crippen LogP contribution in [-0.4, -0.2) is 9.97 Å². The van der Waals surface area contributed by atoms with Crippen molar-refractivity contribution in [3.63, 3.8) is 0 Å². The largest absolute Gasteiger partial charge is 0.232 e. The van der Waals surface area contributed by atoms with Crippen molar-refractivity contribution in [1.29, 1.82) is 0 Å². The summed E-state index contributed by atoms with van der Waals surface area (Å²) in [5.74, 6) is -0.181. The molecule has 5 heteroatoms. The summed E-state index contributed by atoms with van der Waals surface area (Å²) in [5.41, 5.74) is 0.617. The van der Waals surface area contributed by atoms with Crippen LogP contribution in [0.4, 0.5) is 8.78 Å². The third kappa shape index (κ3) is 2.39. The lowest BCUT2D eigenvalue weighted by Crippen LogP contribution is -2.00. The molecule has 0 atom stereocenters. The Kier molecular flexibility index (Phi) is 3.09. The summed E-state index contributed by atoms with van der Waals surface area (Å²) in [6.07, 6.45) is 2.07. The highest BCUT2D eigenvalue weighted by Gasteiger charge is 2.28. The number of halogens is 3. The molecule has 0 saturated heterocycles. The Morgan fingerprint density at radius 3 is 2.63 bits per heavy atom. The van der Waals surface area contributed by atoms with Gasteiger partial charge in [0.2, 0.25) is 0 Å². The van der Waals surface area contributed by atoms with Gasteiger partial charge in [0.05, 0.1) is 11.3 Å². The SMILES string of the molecule is Cc1ccc(F)c(-c2cc(Br)nc(C3CC3)n2)c1F. The second-order valence-corrected chi connectivity index (χ2v) is 5.57. The number of benzene rings is 1. The highest BCUT2D eigenvalue weighted by atomic mass is 79.9. The monoisotopic (exact) mass is 324 g/mol. The first-order valence-electron chi connectivity index (χ1n) is 6.05. The molecule has 1 heterocycles. The van der Waals surface area contributed by atoms with Gasteiger partial charge in [-0.25, -0.2) is 18.7 Å². The topological polar surface area (TPSA) is 25.8 Å². The van der Waals surface area contributed by atoms with E-state index in [0.29, 0.717) is 27.6 Å². The summed E-state index contributed by atoms with van der Waals surface area (Å²) in [6, 6.07) is 4.24. The summed E-state index contributed by atoms with van der Waals surface area (Å²) >= 11 is 3.28. The third-order valence-electron chi connectivity index (χ3n) is 3.20. The minimum Gasteiger partial charge on any atom is -0.232 e. The van der Waals surface area contributed by atoms with Crippen molar-refractivity contribution in [2.45, 2.75) is 25.7 Å². The van der Waals surface area contributed by atoms with E-state index in [2.05, 4.69) is 25.9 Å². The van der Waals surface area contributed by atoms with Gasteiger partial charge in [0.25, 0.3) is 0 Å². The molecule has 1 aromatic heterocycles. The van der Waals surface area contributed by atoms with Gasteiger partial charge in [0.1, 0.15) is 22.1 Å². The first-order chi connectivity index (χ1) is 9.06. The maximum Gasteiger partial charge on any atom is 0.138 e. The predicted molar refractivity (Wildman–Crippen MR) is 71.8 cm³/mol. The van der Waals surface area contributed by atoms with Crippen molar-refractivity contribution in [3.05, 3.63) is 45.8 Å². The molecule has 1 aliphatic rings. The maximum absolute atomic E-state index is 14.1. The van der Waals surface area contributed by atoms with Gasteiger partial charge < -0.3 is 0 Å². The lowest BCUT2D eigenvalue weighted by Gasteiger charge is -2.08. The molecule has 1 fully saturated rings. The second kappa shape index (κ2) is 4.63. The fraction of sp³-hybridized carbons (Fsp3) is 0.286. The van der Waals surface area contributed by atoms with Crippen molar-refractivity contribution in [1.82, 2.24) is 9.97 Å². The fourth-order valence-electron chi connectivity index (χ4n) is 1.98.